The molecule has 1 aliphatic rings. The van der Waals surface area contributed by atoms with E-state index in [-0.39, 0.29) is 29.1 Å². The normalized spacial score (nSPS) is 19.9. The monoisotopic (exact) mass is 369 g/mol. The molecule has 0 aromatic carbocycles. The van der Waals surface area contributed by atoms with Crippen LogP contribution in [0.2, 0.25) is 0 Å². The molecule has 1 aliphatic heterocycles. The molecular weight excluding hydrogens is 330 g/mol. The van der Waals surface area contributed by atoms with Crippen LogP contribution in [0.5, 0.6) is 0 Å². The highest BCUT2D eigenvalue weighted by atomic mass is 16.5. The first-order valence-corrected chi connectivity index (χ1v) is 10.1. The van der Waals surface area contributed by atoms with Crippen LogP contribution < -0.4 is 0 Å². The lowest BCUT2D eigenvalue weighted by atomic mass is 9.79. The molecule has 0 aromatic rings. The van der Waals surface area contributed by atoms with Crippen LogP contribution >= 0.6 is 0 Å². The number of nitrogens with zero attached hydrogens (tertiary/aromatic N) is 1. The first-order valence-electron chi connectivity index (χ1n) is 10.1. The fourth-order valence-corrected chi connectivity index (χ4v) is 3.96. The second kappa shape index (κ2) is 10.3. The van der Waals surface area contributed by atoms with Crippen LogP contribution in [0.3, 0.4) is 0 Å². The van der Waals surface area contributed by atoms with Gasteiger partial charge in [0, 0.05) is 36.8 Å². The molecule has 5 heteroatoms. The van der Waals surface area contributed by atoms with Crippen molar-refractivity contribution in [3.8, 4) is 0 Å². The van der Waals surface area contributed by atoms with E-state index in [4.69, 9.17) is 4.74 Å². The second-order valence-corrected chi connectivity index (χ2v) is 8.90. The predicted molar refractivity (Wildman–Crippen MR) is 104 cm³/mol. The summed E-state index contributed by atoms with van der Waals surface area (Å²) in [6.07, 6.45) is 8.86. The first-order chi connectivity index (χ1) is 12.1. The summed E-state index contributed by atoms with van der Waals surface area (Å²) in [6, 6.07) is 0. The first kappa shape index (κ1) is 22.9. The van der Waals surface area contributed by atoms with Crippen LogP contribution in [-0.4, -0.2) is 48.2 Å². The van der Waals surface area contributed by atoms with E-state index in [0.717, 1.165) is 51.4 Å². The molecule has 0 bridgehead atoms. The van der Waals surface area contributed by atoms with Crippen LogP contribution in [0, 0.1) is 0 Å². The third-order valence-electron chi connectivity index (χ3n) is 5.81. The molecule has 0 spiro atoms. The summed E-state index contributed by atoms with van der Waals surface area (Å²) in [5.41, 5.74) is 0.0772. The van der Waals surface area contributed by atoms with E-state index in [9.17, 15) is 9.59 Å². The van der Waals surface area contributed by atoms with E-state index in [1.54, 1.807) is 0 Å². The molecule has 0 radical (unpaired) electrons. The van der Waals surface area contributed by atoms with Gasteiger partial charge in [0.05, 0.1) is 7.11 Å². The fraction of sp³-hybridized carbons (Fsp3) is 0.905. The maximum Gasteiger partial charge on any atom is 0.306 e. The predicted octanol–water partition coefficient (Wildman–Crippen LogP) is 4.47. The number of ether oxygens (including phenoxy) is 2. The van der Waals surface area contributed by atoms with Crippen molar-refractivity contribution in [2.45, 2.75) is 109 Å². The lowest BCUT2D eigenvalue weighted by Gasteiger charge is -2.53. The van der Waals surface area contributed by atoms with Crippen molar-refractivity contribution in [2.75, 3.05) is 14.2 Å². The Morgan fingerprint density at radius 1 is 0.846 bits per heavy atom. The van der Waals surface area contributed by atoms with Crippen molar-refractivity contribution in [2.24, 2.45) is 0 Å². The number of hydrogen-bond acceptors (Lipinski definition) is 5. The highest BCUT2D eigenvalue weighted by Crippen LogP contribution is 2.38. The topological polar surface area (TPSA) is 55.8 Å². The number of likely N-dealkylation sites (tertiary alicyclic amines) is 1. The van der Waals surface area contributed by atoms with Gasteiger partial charge in [-0.1, -0.05) is 25.7 Å². The molecule has 1 saturated heterocycles. The number of piperidine rings is 1. The minimum absolute atomic E-state index is 0.0158. The molecule has 0 saturated carbocycles. The molecule has 1 rings (SSSR count). The number of unbranched alkanes of at least 4 members (excludes halogenated alkanes) is 5. The van der Waals surface area contributed by atoms with Gasteiger partial charge in [0.2, 0.25) is 0 Å². The van der Waals surface area contributed by atoms with Gasteiger partial charge in [0.25, 0.3) is 0 Å². The van der Waals surface area contributed by atoms with Crippen molar-refractivity contribution in [1.29, 1.82) is 0 Å². The average Bonchev–Trinajstić information content (AvgIpc) is 2.54. The zero-order chi connectivity index (χ0) is 19.8. The molecule has 0 atom stereocenters. The van der Waals surface area contributed by atoms with Crippen molar-refractivity contribution in [3.05, 3.63) is 0 Å². The van der Waals surface area contributed by atoms with Crippen LogP contribution in [0.1, 0.15) is 91.9 Å². The van der Waals surface area contributed by atoms with Gasteiger partial charge in [0.1, 0.15) is 6.10 Å². The van der Waals surface area contributed by atoms with Gasteiger partial charge in [-0.15, -0.1) is 0 Å². The SMILES string of the molecule is COC(=O)CCCCCCCCC(=O)OC1CC(C)(C)N(C)C(C)(C)C1. The molecule has 1 fully saturated rings. The standard InChI is InChI=1S/C21H39NO4/c1-20(2)15-17(16-21(3,4)22(20)5)26-19(24)14-12-10-8-7-9-11-13-18(23)25-6/h17H,7-16H2,1-6H3. The van der Waals surface area contributed by atoms with E-state index in [1.807, 2.05) is 0 Å². The molecular formula is C21H39NO4. The van der Waals surface area contributed by atoms with Crippen molar-refractivity contribution in [1.82, 2.24) is 4.90 Å². The van der Waals surface area contributed by atoms with E-state index in [2.05, 4.69) is 44.4 Å². The van der Waals surface area contributed by atoms with Gasteiger partial charge in [-0.3, -0.25) is 14.5 Å². The number of carbonyl (C=O) groups is 2. The molecule has 5 nitrogen and oxygen atoms in total. The Bertz CT molecular complexity index is 441. The maximum absolute atomic E-state index is 12.2. The summed E-state index contributed by atoms with van der Waals surface area (Å²) in [4.78, 5) is 25.6. The molecule has 152 valence electrons. The van der Waals surface area contributed by atoms with Crippen LogP contribution in [0.15, 0.2) is 0 Å². The Kier molecular flexibility index (Phi) is 9.08. The van der Waals surface area contributed by atoms with E-state index < -0.39 is 0 Å². The number of esters is 2. The van der Waals surface area contributed by atoms with Gasteiger partial charge >= 0.3 is 11.9 Å². The Morgan fingerprint density at radius 2 is 1.27 bits per heavy atom. The summed E-state index contributed by atoms with van der Waals surface area (Å²) in [5.74, 6) is -0.190. The minimum Gasteiger partial charge on any atom is -0.469 e. The summed E-state index contributed by atoms with van der Waals surface area (Å²) in [6.45, 7) is 8.87. The third-order valence-corrected chi connectivity index (χ3v) is 5.81. The second-order valence-electron chi connectivity index (χ2n) is 8.90. The highest BCUT2D eigenvalue weighted by Gasteiger charge is 2.44. The van der Waals surface area contributed by atoms with Gasteiger partial charge in [-0.25, -0.2) is 0 Å². The number of methoxy groups -OCH3 is 1. The summed E-state index contributed by atoms with van der Waals surface area (Å²) in [5, 5.41) is 0. The summed E-state index contributed by atoms with van der Waals surface area (Å²) >= 11 is 0. The zero-order valence-corrected chi connectivity index (χ0v) is 17.7. The fourth-order valence-electron chi connectivity index (χ4n) is 3.96. The molecule has 0 unspecified atom stereocenters. The zero-order valence-electron chi connectivity index (χ0n) is 17.7. The minimum atomic E-state index is -0.131. The molecule has 0 amide bonds. The molecule has 0 aliphatic carbocycles. The van der Waals surface area contributed by atoms with Gasteiger partial charge in [0.15, 0.2) is 0 Å². The average molecular weight is 370 g/mol. The van der Waals surface area contributed by atoms with Crippen LogP contribution in [0.4, 0.5) is 0 Å². The van der Waals surface area contributed by atoms with Crippen molar-refractivity contribution < 1.29 is 19.1 Å². The molecule has 1 heterocycles. The Labute approximate surface area is 159 Å². The number of rotatable bonds is 10. The largest absolute Gasteiger partial charge is 0.469 e. The van der Waals surface area contributed by atoms with E-state index in [0.29, 0.717) is 12.8 Å². The maximum atomic E-state index is 12.2. The smallest absolute Gasteiger partial charge is 0.306 e. The molecule has 0 aromatic heterocycles. The number of carbonyl (C=O) groups excluding carboxylic acids is 2. The lowest BCUT2D eigenvalue weighted by molar-refractivity contribution is -0.159. The molecule has 26 heavy (non-hydrogen) atoms. The Hall–Kier alpha value is -1.10. The number of hydrogen-bond donors (Lipinski definition) is 0. The van der Waals surface area contributed by atoms with Crippen molar-refractivity contribution >= 4 is 11.9 Å². The summed E-state index contributed by atoms with van der Waals surface area (Å²) < 4.78 is 10.4. The van der Waals surface area contributed by atoms with E-state index in [1.165, 1.54) is 7.11 Å². The lowest BCUT2D eigenvalue weighted by Crippen LogP contribution is -2.60. The quantitative estimate of drug-likeness (QED) is 0.420. The Morgan fingerprint density at radius 3 is 1.73 bits per heavy atom. The van der Waals surface area contributed by atoms with Gasteiger partial charge in [-0.2, -0.15) is 0 Å². The van der Waals surface area contributed by atoms with Crippen molar-refractivity contribution in [3.63, 3.8) is 0 Å². The van der Waals surface area contributed by atoms with Gasteiger partial charge < -0.3 is 9.47 Å². The third kappa shape index (κ3) is 7.65. The van der Waals surface area contributed by atoms with Crippen LogP contribution in [0.25, 0.3) is 0 Å². The Balaban J connectivity index is 2.16. The summed E-state index contributed by atoms with van der Waals surface area (Å²) in [7, 11) is 3.58. The van der Waals surface area contributed by atoms with E-state index >= 15 is 0 Å². The van der Waals surface area contributed by atoms with Crippen LogP contribution in [-0.2, 0) is 19.1 Å². The molecule has 0 N–H and O–H groups in total. The van der Waals surface area contributed by atoms with Gasteiger partial charge in [-0.05, 0) is 47.6 Å². The highest BCUT2D eigenvalue weighted by molar-refractivity contribution is 5.69.